The van der Waals surface area contributed by atoms with Gasteiger partial charge in [-0.2, -0.15) is 0 Å². The Morgan fingerprint density at radius 1 is 1.42 bits per heavy atom. The van der Waals surface area contributed by atoms with Gasteiger partial charge in [0.05, 0.1) is 6.54 Å². The van der Waals surface area contributed by atoms with Crippen molar-refractivity contribution in [1.82, 2.24) is 15.5 Å². The van der Waals surface area contributed by atoms with Crippen LogP contribution in [0.3, 0.4) is 0 Å². The van der Waals surface area contributed by atoms with E-state index in [1.54, 1.807) is 11.9 Å². The van der Waals surface area contributed by atoms with Crippen molar-refractivity contribution in [3.05, 3.63) is 35.9 Å². The topological polar surface area (TPSA) is 61.4 Å². The number of halogens is 1. The molecule has 0 saturated carbocycles. The summed E-state index contributed by atoms with van der Waals surface area (Å²) in [5, 5.41) is 5.63. The van der Waals surface area contributed by atoms with Crippen LogP contribution in [0, 0.1) is 0 Å². The summed E-state index contributed by atoms with van der Waals surface area (Å²) >= 11 is 0. The Morgan fingerprint density at radius 2 is 2.11 bits per heavy atom. The van der Waals surface area contributed by atoms with Crippen LogP contribution in [0.15, 0.2) is 30.3 Å². The van der Waals surface area contributed by atoms with Gasteiger partial charge < -0.3 is 15.5 Å². The van der Waals surface area contributed by atoms with Crippen molar-refractivity contribution in [3.63, 3.8) is 0 Å². The lowest BCUT2D eigenvalue weighted by Gasteiger charge is -2.35. The molecule has 1 unspecified atom stereocenters. The number of nitrogens with zero attached hydrogens (tertiary/aromatic N) is 1. The molecule has 1 aliphatic heterocycles. The first-order chi connectivity index (χ1) is 8.74. The first-order valence-electron chi connectivity index (χ1n) is 6.00. The van der Waals surface area contributed by atoms with Crippen molar-refractivity contribution >= 4 is 24.2 Å². The molecule has 1 heterocycles. The van der Waals surface area contributed by atoms with Gasteiger partial charge in [0, 0.05) is 13.1 Å². The molecule has 1 aromatic rings. The molecule has 0 aromatic heterocycles. The van der Waals surface area contributed by atoms with Gasteiger partial charge in [-0.15, -0.1) is 12.4 Å². The molecule has 19 heavy (non-hydrogen) atoms. The SMILES string of the molecule is CNCC(=O)N1CCNC(=O)C1c1ccccc1.Cl. The van der Waals surface area contributed by atoms with Crippen molar-refractivity contribution in [2.75, 3.05) is 26.7 Å². The zero-order chi connectivity index (χ0) is 13.0. The van der Waals surface area contributed by atoms with Crippen LogP contribution in [0.25, 0.3) is 0 Å². The van der Waals surface area contributed by atoms with Gasteiger partial charge in [-0.1, -0.05) is 30.3 Å². The predicted molar refractivity (Wildman–Crippen MR) is 75.1 cm³/mol. The summed E-state index contributed by atoms with van der Waals surface area (Å²) in [6, 6.07) is 8.87. The molecule has 0 aliphatic carbocycles. The van der Waals surface area contributed by atoms with E-state index in [0.717, 1.165) is 5.56 Å². The molecule has 104 valence electrons. The van der Waals surface area contributed by atoms with Gasteiger partial charge in [0.1, 0.15) is 6.04 Å². The number of nitrogens with one attached hydrogen (secondary N) is 2. The van der Waals surface area contributed by atoms with Crippen molar-refractivity contribution in [2.24, 2.45) is 0 Å². The smallest absolute Gasteiger partial charge is 0.247 e. The lowest BCUT2D eigenvalue weighted by molar-refractivity contribution is -0.142. The average Bonchev–Trinajstić information content (AvgIpc) is 2.39. The zero-order valence-corrected chi connectivity index (χ0v) is 11.6. The highest BCUT2D eigenvalue weighted by molar-refractivity contribution is 5.90. The molecule has 5 nitrogen and oxygen atoms in total. The fraction of sp³-hybridized carbons (Fsp3) is 0.385. The van der Waals surface area contributed by atoms with Gasteiger partial charge in [-0.3, -0.25) is 9.59 Å². The fourth-order valence-electron chi connectivity index (χ4n) is 2.15. The monoisotopic (exact) mass is 283 g/mol. The third-order valence-corrected chi connectivity index (χ3v) is 2.98. The van der Waals surface area contributed by atoms with E-state index < -0.39 is 6.04 Å². The second-order valence-corrected chi connectivity index (χ2v) is 4.22. The lowest BCUT2D eigenvalue weighted by atomic mass is 10.0. The largest absolute Gasteiger partial charge is 0.352 e. The summed E-state index contributed by atoms with van der Waals surface area (Å²) in [5.41, 5.74) is 0.846. The Balaban J connectivity index is 0.00000180. The van der Waals surface area contributed by atoms with Gasteiger partial charge in [-0.05, 0) is 12.6 Å². The van der Waals surface area contributed by atoms with Gasteiger partial charge in [0.25, 0.3) is 0 Å². The minimum Gasteiger partial charge on any atom is -0.352 e. The van der Waals surface area contributed by atoms with E-state index in [1.165, 1.54) is 0 Å². The van der Waals surface area contributed by atoms with Crippen LogP contribution in [0.1, 0.15) is 11.6 Å². The number of hydrogen-bond acceptors (Lipinski definition) is 3. The second kappa shape index (κ2) is 7.11. The summed E-state index contributed by atoms with van der Waals surface area (Å²) in [5.74, 6) is -0.168. The molecule has 0 bridgehead atoms. The molecular weight excluding hydrogens is 266 g/mol. The predicted octanol–water partition coefficient (Wildman–Crippen LogP) is 0.327. The molecule has 2 amide bonds. The summed E-state index contributed by atoms with van der Waals surface area (Å²) in [6.07, 6.45) is 0. The van der Waals surface area contributed by atoms with E-state index in [9.17, 15) is 9.59 Å². The molecule has 0 spiro atoms. The molecular formula is C13H18ClN3O2. The van der Waals surface area contributed by atoms with Crippen molar-refractivity contribution in [1.29, 1.82) is 0 Å². The first kappa shape index (κ1) is 15.5. The number of carbonyl (C=O) groups is 2. The Morgan fingerprint density at radius 3 is 2.74 bits per heavy atom. The second-order valence-electron chi connectivity index (χ2n) is 4.22. The third kappa shape index (κ3) is 3.45. The number of piperazine rings is 1. The molecule has 1 aliphatic rings. The minimum absolute atomic E-state index is 0. The molecule has 2 rings (SSSR count). The molecule has 0 radical (unpaired) electrons. The first-order valence-corrected chi connectivity index (χ1v) is 6.00. The maximum absolute atomic E-state index is 12.0. The molecule has 1 saturated heterocycles. The highest BCUT2D eigenvalue weighted by Crippen LogP contribution is 2.22. The number of rotatable bonds is 3. The normalized spacial score (nSPS) is 18.5. The van der Waals surface area contributed by atoms with E-state index in [0.29, 0.717) is 13.1 Å². The Hall–Kier alpha value is -1.59. The van der Waals surface area contributed by atoms with Crippen molar-refractivity contribution in [2.45, 2.75) is 6.04 Å². The van der Waals surface area contributed by atoms with Crippen LogP contribution in [-0.2, 0) is 9.59 Å². The summed E-state index contributed by atoms with van der Waals surface area (Å²) in [6.45, 7) is 1.31. The minimum atomic E-state index is -0.513. The van der Waals surface area contributed by atoms with Crippen LogP contribution < -0.4 is 10.6 Å². The van der Waals surface area contributed by atoms with Crippen molar-refractivity contribution < 1.29 is 9.59 Å². The average molecular weight is 284 g/mol. The number of likely N-dealkylation sites (N-methyl/N-ethyl adjacent to an activating group) is 1. The van der Waals surface area contributed by atoms with Crippen LogP contribution in [0.5, 0.6) is 0 Å². The number of carbonyl (C=O) groups excluding carboxylic acids is 2. The van der Waals surface area contributed by atoms with E-state index >= 15 is 0 Å². The summed E-state index contributed by atoms with van der Waals surface area (Å²) in [7, 11) is 1.72. The van der Waals surface area contributed by atoms with E-state index in [4.69, 9.17) is 0 Å². The molecule has 1 atom stereocenters. The Bertz CT molecular complexity index is 439. The standard InChI is InChI=1S/C13H17N3O2.ClH/c1-14-9-11(17)16-8-7-15-13(18)12(16)10-5-3-2-4-6-10;/h2-6,12,14H,7-9H2,1H3,(H,15,18);1H. The number of amides is 2. The maximum Gasteiger partial charge on any atom is 0.247 e. The molecule has 1 fully saturated rings. The van der Waals surface area contributed by atoms with Gasteiger partial charge in [0.15, 0.2) is 0 Å². The van der Waals surface area contributed by atoms with Gasteiger partial charge >= 0.3 is 0 Å². The molecule has 2 N–H and O–H groups in total. The van der Waals surface area contributed by atoms with E-state index in [1.807, 2.05) is 30.3 Å². The van der Waals surface area contributed by atoms with E-state index in [2.05, 4.69) is 10.6 Å². The van der Waals surface area contributed by atoms with Gasteiger partial charge in [-0.25, -0.2) is 0 Å². The van der Waals surface area contributed by atoms with Crippen molar-refractivity contribution in [3.8, 4) is 0 Å². The Labute approximate surface area is 118 Å². The van der Waals surface area contributed by atoms with Crippen LogP contribution in [0.2, 0.25) is 0 Å². The van der Waals surface area contributed by atoms with Crippen LogP contribution in [-0.4, -0.2) is 43.4 Å². The Kier molecular flexibility index (Phi) is 5.79. The third-order valence-electron chi connectivity index (χ3n) is 2.98. The molecule has 1 aromatic carbocycles. The number of benzene rings is 1. The highest BCUT2D eigenvalue weighted by atomic mass is 35.5. The fourth-order valence-corrected chi connectivity index (χ4v) is 2.15. The molecule has 6 heteroatoms. The maximum atomic E-state index is 12.0. The van der Waals surface area contributed by atoms with Crippen LogP contribution >= 0.6 is 12.4 Å². The summed E-state index contributed by atoms with van der Waals surface area (Å²) < 4.78 is 0. The zero-order valence-electron chi connectivity index (χ0n) is 10.8. The quantitative estimate of drug-likeness (QED) is 0.840. The van der Waals surface area contributed by atoms with Gasteiger partial charge in [0.2, 0.25) is 11.8 Å². The lowest BCUT2D eigenvalue weighted by Crippen LogP contribution is -2.53. The summed E-state index contributed by atoms with van der Waals surface area (Å²) in [4.78, 5) is 25.6. The van der Waals surface area contributed by atoms with E-state index in [-0.39, 0.29) is 30.8 Å². The number of hydrogen-bond donors (Lipinski definition) is 2. The van der Waals surface area contributed by atoms with Crippen LogP contribution in [0.4, 0.5) is 0 Å². The highest BCUT2D eigenvalue weighted by Gasteiger charge is 2.33.